The lowest BCUT2D eigenvalue weighted by Crippen LogP contribution is -2.63. The maximum Gasteiger partial charge on any atom is 0.324 e. The number of amidine groups is 1. The zero-order chi connectivity index (χ0) is 13.1. The third-order valence-corrected chi connectivity index (χ3v) is 2.86. The maximum atomic E-state index is 11.7. The first-order valence-electron chi connectivity index (χ1n) is 5.59. The van der Waals surface area contributed by atoms with Gasteiger partial charge in [0.25, 0.3) is 5.84 Å². The normalized spacial score (nSPS) is 19.6. The Bertz CT molecular complexity index is 486. The Kier molecular flexibility index (Phi) is 3.27. The van der Waals surface area contributed by atoms with E-state index in [1.54, 1.807) is 0 Å². The van der Waals surface area contributed by atoms with Crippen molar-refractivity contribution in [2.75, 3.05) is 6.54 Å². The third kappa shape index (κ3) is 2.48. The van der Waals surface area contributed by atoms with Crippen LogP contribution < -0.4 is 16.5 Å². The fourth-order valence-electron chi connectivity index (χ4n) is 1.85. The molecule has 1 aliphatic heterocycles. The van der Waals surface area contributed by atoms with Crippen molar-refractivity contribution in [3.63, 3.8) is 0 Å². The second-order valence-electron chi connectivity index (χ2n) is 4.21. The number of amides is 3. The minimum absolute atomic E-state index is 0.0260. The van der Waals surface area contributed by atoms with Crippen molar-refractivity contribution in [3.05, 3.63) is 35.9 Å². The molecule has 1 aromatic rings. The number of nitrogens with zero attached hydrogens (tertiary/aromatic N) is 1. The third-order valence-electron chi connectivity index (χ3n) is 2.86. The topological polar surface area (TPSA) is 101 Å². The van der Waals surface area contributed by atoms with Gasteiger partial charge in [-0.2, -0.15) is 0 Å². The molecular formula is C12H15N4O2+. The molecule has 6 heteroatoms. The molecule has 1 saturated heterocycles. The Labute approximate surface area is 104 Å². The zero-order valence-electron chi connectivity index (χ0n) is 9.80. The summed E-state index contributed by atoms with van der Waals surface area (Å²) in [6.45, 7) is 0.631. The van der Waals surface area contributed by atoms with Gasteiger partial charge in [-0.05, 0) is 5.56 Å². The Hall–Kier alpha value is -2.37. The first-order chi connectivity index (χ1) is 8.58. The zero-order valence-corrected chi connectivity index (χ0v) is 9.80. The van der Waals surface area contributed by atoms with Crippen molar-refractivity contribution in [1.82, 2.24) is 10.2 Å². The smallest absolute Gasteiger partial charge is 0.319 e. The predicted octanol–water partition coefficient (Wildman–Crippen LogP) is -1.53. The summed E-state index contributed by atoms with van der Waals surface area (Å²) in [6, 6.07) is 9.09. The minimum atomic E-state index is -0.647. The fraction of sp³-hybridized carbons (Fsp3) is 0.250. The van der Waals surface area contributed by atoms with Crippen LogP contribution in [0.4, 0.5) is 4.79 Å². The first kappa shape index (κ1) is 12.1. The largest absolute Gasteiger partial charge is 0.324 e. The van der Waals surface area contributed by atoms with Crippen molar-refractivity contribution in [2.45, 2.75) is 6.54 Å². The molecule has 0 bridgehead atoms. The monoisotopic (exact) mass is 247 g/mol. The van der Waals surface area contributed by atoms with E-state index in [-0.39, 0.29) is 12.4 Å². The molecule has 1 aromatic carbocycles. The van der Waals surface area contributed by atoms with Crippen molar-refractivity contribution in [3.8, 4) is 0 Å². The molecule has 5 N–H and O–H groups in total. The van der Waals surface area contributed by atoms with Crippen LogP contribution in [0.25, 0.3) is 0 Å². The first-order valence-corrected chi connectivity index (χ1v) is 5.59. The number of nitrogens with one attached hydrogen (secondary N) is 1. The van der Waals surface area contributed by atoms with E-state index in [0.29, 0.717) is 6.54 Å². The molecule has 18 heavy (non-hydrogen) atoms. The number of urea groups is 1. The second kappa shape index (κ2) is 4.87. The molecule has 1 heterocycles. The van der Waals surface area contributed by atoms with Crippen LogP contribution in [0.2, 0.25) is 0 Å². The van der Waals surface area contributed by atoms with Gasteiger partial charge >= 0.3 is 6.03 Å². The lowest BCUT2D eigenvalue weighted by Gasteiger charge is -2.30. The summed E-state index contributed by atoms with van der Waals surface area (Å²) in [5, 5.41) is 7.70. The molecule has 2 rings (SSSR count). The fourth-order valence-corrected chi connectivity index (χ4v) is 1.85. The van der Waals surface area contributed by atoms with Crippen molar-refractivity contribution in [2.24, 2.45) is 11.7 Å². The van der Waals surface area contributed by atoms with Crippen molar-refractivity contribution < 1.29 is 15.0 Å². The van der Waals surface area contributed by atoms with Crippen molar-refractivity contribution in [1.29, 1.82) is 0 Å². The number of nitrogens with two attached hydrogens (primary N) is 2. The highest BCUT2D eigenvalue weighted by atomic mass is 16.2. The number of imide groups is 1. The van der Waals surface area contributed by atoms with E-state index in [0.717, 1.165) is 5.56 Å². The molecule has 0 spiro atoms. The Morgan fingerprint density at radius 1 is 1.39 bits per heavy atom. The summed E-state index contributed by atoms with van der Waals surface area (Å²) in [5.74, 6) is -1.06. The Morgan fingerprint density at radius 2 is 2.06 bits per heavy atom. The van der Waals surface area contributed by atoms with Gasteiger partial charge in [-0.1, -0.05) is 30.3 Å². The highest BCUT2D eigenvalue weighted by molar-refractivity contribution is 6.08. The summed E-state index contributed by atoms with van der Waals surface area (Å²) < 4.78 is 0. The minimum Gasteiger partial charge on any atom is -0.319 e. The van der Waals surface area contributed by atoms with Crippen LogP contribution in [0.1, 0.15) is 5.56 Å². The number of hydrogen-bond donors (Lipinski definition) is 3. The standard InChI is InChI=1S/C12H14N4O2/c13-10(14)9-7-16(12(18)15-11(9)17)6-8-4-2-1-3-5-8/h1-5,9H,6-7H2,(H3,13,14)(H,15,17,18)/p+1/t9-/m1/s1. The molecule has 0 aromatic heterocycles. The summed E-state index contributed by atoms with van der Waals surface area (Å²) in [7, 11) is 0. The molecule has 6 nitrogen and oxygen atoms in total. The molecule has 3 amide bonds. The Balaban J connectivity index is 2.10. The maximum absolute atomic E-state index is 11.7. The highest BCUT2D eigenvalue weighted by Gasteiger charge is 2.36. The quantitative estimate of drug-likeness (QED) is 0.446. The number of hydrogen-bond acceptors (Lipinski definition) is 2. The number of carbonyl (C=O) groups is 2. The average Bonchev–Trinajstić information content (AvgIpc) is 2.33. The van der Waals surface area contributed by atoms with Gasteiger partial charge in [0.05, 0.1) is 0 Å². The van der Waals surface area contributed by atoms with Crippen LogP contribution >= 0.6 is 0 Å². The second-order valence-corrected chi connectivity index (χ2v) is 4.21. The van der Waals surface area contributed by atoms with E-state index in [1.165, 1.54) is 4.90 Å². The molecule has 0 unspecified atom stereocenters. The molecule has 1 atom stereocenters. The molecule has 94 valence electrons. The van der Waals surface area contributed by atoms with Gasteiger partial charge in [0, 0.05) is 13.1 Å². The van der Waals surface area contributed by atoms with E-state index < -0.39 is 17.9 Å². The van der Waals surface area contributed by atoms with Gasteiger partial charge in [0.1, 0.15) is 0 Å². The predicted molar refractivity (Wildman–Crippen MR) is 65.0 cm³/mol. The van der Waals surface area contributed by atoms with Gasteiger partial charge < -0.3 is 4.90 Å². The van der Waals surface area contributed by atoms with E-state index >= 15 is 0 Å². The average molecular weight is 247 g/mol. The number of benzene rings is 1. The van der Waals surface area contributed by atoms with E-state index in [1.807, 2.05) is 30.3 Å². The van der Waals surface area contributed by atoms with Gasteiger partial charge in [-0.25, -0.2) is 4.79 Å². The van der Waals surface area contributed by atoms with Crippen LogP contribution in [-0.4, -0.2) is 29.2 Å². The lowest BCUT2D eigenvalue weighted by atomic mass is 10.0. The van der Waals surface area contributed by atoms with E-state index in [4.69, 9.17) is 11.1 Å². The molecule has 0 aliphatic carbocycles. The lowest BCUT2D eigenvalue weighted by molar-refractivity contribution is -0.134. The van der Waals surface area contributed by atoms with Crippen LogP contribution in [0.5, 0.6) is 0 Å². The van der Waals surface area contributed by atoms with Crippen LogP contribution in [-0.2, 0) is 11.3 Å². The molecule has 0 radical (unpaired) electrons. The SMILES string of the molecule is NC(=[NH2+])[C@H]1CN(Cc2ccccc2)C(=O)NC1=O. The summed E-state index contributed by atoms with van der Waals surface area (Å²) >= 11 is 0. The highest BCUT2D eigenvalue weighted by Crippen LogP contribution is 2.11. The van der Waals surface area contributed by atoms with E-state index in [2.05, 4.69) is 5.32 Å². The number of rotatable bonds is 3. The molecule has 1 fully saturated rings. The van der Waals surface area contributed by atoms with Gasteiger partial charge in [0.2, 0.25) is 5.91 Å². The van der Waals surface area contributed by atoms with Crippen molar-refractivity contribution >= 4 is 17.8 Å². The number of carbonyl (C=O) groups excluding carboxylic acids is 2. The van der Waals surface area contributed by atoms with Gasteiger partial charge in [-0.15, -0.1) is 0 Å². The van der Waals surface area contributed by atoms with Gasteiger partial charge in [-0.3, -0.25) is 21.3 Å². The van der Waals surface area contributed by atoms with E-state index in [9.17, 15) is 9.59 Å². The van der Waals surface area contributed by atoms with Crippen LogP contribution in [0, 0.1) is 5.92 Å². The van der Waals surface area contributed by atoms with Crippen LogP contribution in [0.15, 0.2) is 30.3 Å². The molecule has 1 aliphatic rings. The summed E-state index contributed by atoms with van der Waals surface area (Å²) in [5.41, 5.74) is 6.44. The van der Waals surface area contributed by atoms with Gasteiger partial charge in [0.15, 0.2) is 5.92 Å². The summed E-state index contributed by atoms with van der Waals surface area (Å²) in [4.78, 5) is 24.7. The van der Waals surface area contributed by atoms with Crippen LogP contribution in [0.3, 0.4) is 0 Å². The Morgan fingerprint density at radius 3 is 2.67 bits per heavy atom. The molecular weight excluding hydrogens is 232 g/mol. The molecule has 0 saturated carbocycles. The summed E-state index contributed by atoms with van der Waals surface area (Å²) in [6.07, 6.45) is 0.